The largest absolute Gasteiger partial charge is 0.372 e. The summed E-state index contributed by atoms with van der Waals surface area (Å²) in [4.78, 5) is 8.63. The van der Waals surface area contributed by atoms with Crippen LogP contribution in [0.4, 0.5) is 5.95 Å². The summed E-state index contributed by atoms with van der Waals surface area (Å²) in [7, 11) is 3.70. The summed E-state index contributed by atoms with van der Waals surface area (Å²) >= 11 is 7.45. The molecule has 0 radical (unpaired) electrons. The summed E-state index contributed by atoms with van der Waals surface area (Å²) in [5.41, 5.74) is 3.65. The van der Waals surface area contributed by atoms with Gasteiger partial charge < -0.3 is 4.74 Å². The first-order valence-electron chi connectivity index (χ1n) is 11.0. The third-order valence-electron chi connectivity index (χ3n) is 6.10. The molecule has 1 fully saturated rings. The van der Waals surface area contributed by atoms with Crippen LogP contribution in [0.1, 0.15) is 61.8 Å². The number of methoxy groups -OCH3 is 1. The van der Waals surface area contributed by atoms with Crippen LogP contribution in [-0.2, 0) is 24.6 Å². The van der Waals surface area contributed by atoms with E-state index in [0.29, 0.717) is 16.9 Å². The van der Waals surface area contributed by atoms with Gasteiger partial charge in [0.25, 0.3) is 0 Å². The number of hydrogen-bond acceptors (Lipinski definition) is 8. The lowest BCUT2D eigenvalue weighted by Crippen LogP contribution is -2.19. The molecule has 0 amide bonds. The van der Waals surface area contributed by atoms with E-state index >= 15 is 0 Å². The van der Waals surface area contributed by atoms with Gasteiger partial charge in [-0.1, -0.05) is 11.6 Å². The number of hydrogen-bond donors (Lipinski definition) is 1. The molecule has 2 atom stereocenters. The van der Waals surface area contributed by atoms with Crippen molar-refractivity contribution in [3.8, 4) is 11.5 Å². The number of aryl methyl sites for hydroxylation is 1. The number of rotatable bonds is 8. The number of fused-ring (bicyclic) bond motifs is 1. The number of nitrogens with one attached hydrogen (secondary N) is 1. The van der Waals surface area contributed by atoms with Gasteiger partial charge in [-0.15, -0.1) is 10.2 Å². The Balaban J connectivity index is 1.37. The molecule has 11 heteroatoms. The van der Waals surface area contributed by atoms with Crippen LogP contribution in [0.15, 0.2) is 12.4 Å². The zero-order valence-corrected chi connectivity index (χ0v) is 20.0. The Bertz CT molecular complexity index is 1090. The predicted octanol–water partition coefficient (Wildman–Crippen LogP) is 4.17. The molecule has 1 unspecified atom stereocenters. The average Bonchev–Trinajstić information content (AvgIpc) is 3.47. The topological polar surface area (TPSA) is 95.6 Å². The van der Waals surface area contributed by atoms with Gasteiger partial charge >= 0.3 is 0 Å². The second-order valence-electron chi connectivity index (χ2n) is 8.39. The molecule has 32 heavy (non-hydrogen) atoms. The van der Waals surface area contributed by atoms with E-state index in [1.807, 2.05) is 11.7 Å². The van der Waals surface area contributed by atoms with Crippen molar-refractivity contribution in [1.29, 1.82) is 0 Å². The highest BCUT2D eigenvalue weighted by Crippen LogP contribution is 2.42. The molecule has 0 saturated heterocycles. The standard InChI is InChI=1S/C21H27ClN8OS/c1-12(18(31-3)19-23-10-13(22)11-24-19)32-28-21-26-25-20(30(21)14-8-9-14)17-15-6-4-5-7-16(15)29(2)27-17/h10-12,14,18H,4-9H2,1-3H3,(H,26,28)/t12-,18?/m0/s1. The van der Waals surface area contributed by atoms with Crippen molar-refractivity contribution in [2.24, 2.45) is 7.05 Å². The van der Waals surface area contributed by atoms with E-state index < -0.39 is 0 Å². The number of halogens is 1. The number of nitrogens with zero attached hydrogens (tertiary/aromatic N) is 7. The van der Waals surface area contributed by atoms with Gasteiger partial charge in [0.1, 0.15) is 11.8 Å². The van der Waals surface area contributed by atoms with Gasteiger partial charge in [0.05, 0.1) is 10.3 Å². The SMILES string of the molecule is COC(c1ncc(Cl)cn1)[C@H](C)SNc1nnc(-c2nn(C)c3c2CCCC3)n1C1CC1. The summed E-state index contributed by atoms with van der Waals surface area (Å²) in [5.74, 6) is 2.22. The van der Waals surface area contributed by atoms with Crippen molar-refractivity contribution < 1.29 is 4.74 Å². The molecule has 2 aliphatic carbocycles. The van der Waals surface area contributed by atoms with Gasteiger partial charge in [-0.3, -0.25) is 14.0 Å². The fourth-order valence-electron chi connectivity index (χ4n) is 4.34. The summed E-state index contributed by atoms with van der Waals surface area (Å²) < 4.78 is 13.3. The number of anilines is 1. The molecule has 3 heterocycles. The average molecular weight is 475 g/mol. The minimum absolute atomic E-state index is 0.0246. The van der Waals surface area contributed by atoms with Crippen LogP contribution in [-0.4, -0.2) is 46.9 Å². The van der Waals surface area contributed by atoms with E-state index in [2.05, 4.69) is 36.4 Å². The minimum atomic E-state index is -0.288. The molecule has 1 N–H and O–H groups in total. The van der Waals surface area contributed by atoms with Gasteiger partial charge in [0.2, 0.25) is 5.95 Å². The molecule has 0 bridgehead atoms. The quantitative estimate of drug-likeness (QED) is 0.486. The smallest absolute Gasteiger partial charge is 0.235 e. The summed E-state index contributed by atoms with van der Waals surface area (Å²) in [6, 6.07) is 0.414. The van der Waals surface area contributed by atoms with E-state index in [1.165, 1.54) is 36.0 Å². The lowest BCUT2D eigenvalue weighted by molar-refractivity contribution is 0.0972. The molecule has 5 rings (SSSR count). The fraction of sp³-hybridized carbons (Fsp3) is 0.571. The van der Waals surface area contributed by atoms with Crippen molar-refractivity contribution in [2.45, 2.75) is 62.8 Å². The van der Waals surface area contributed by atoms with Crippen LogP contribution >= 0.6 is 23.5 Å². The second kappa shape index (κ2) is 8.99. The Labute approximate surface area is 196 Å². The first kappa shape index (κ1) is 21.7. The molecule has 9 nitrogen and oxygen atoms in total. The van der Waals surface area contributed by atoms with Gasteiger partial charge in [-0.2, -0.15) is 5.10 Å². The van der Waals surface area contributed by atoms with Crippen molar-refractivity contribution in [2.75, 3.05) is 11.8 Å². The van der Waals surface area contributed by atoms with Gasteiger partial charge in [0.15, 0.2) is 11.6 Å². The Hall–Kier alpha value is -2.17. The molecular weight excluding hydrogens is 448 g/mol. The summed E-state index contributed by atoms with van der Waals surface area (Å²) in [6.07, 6.45) is 9.72. The monoisotopic (exact) mass is 474 g/mol. The maximum Gasteiger partial charge on any atom is 0.235 e. The Kier molecular flexibility index (Phi) is 6.09. The second-order valence-corrected chi connectivity index (χ2v) is 10.0. The van der Waals surface area contributed by atoms with E-state index in [1.54, 1.807) is 19.5 Å². The third-order valence-corrected chi connectivity index (χ3v) is 7.21. The molecular formula is C21H27ClN8OS. The van der Waals surface area contributed by atoms with Crippen LogP contribution in [0.2, 0.25) is 5.02 Å². The number of ether oxygens (including phenoxy) is 1. The van der Waals surface area contributed by atoms with Crippen molar-refractivity contribution in [3.05, 3.63) is 34.5 Å². The Morgan fingerprint density at radius 2 is 1.94 bits per heavy atom. The summed E-state index contributed by atoms with van der Waals surface area (Å²) in [5, 5.41) is 14.4. The predicted molar refractivity (Wildman–Crippen MR) is 125 cm³/mol. The molecule has 0 spiro atoms. The highest BCUT2D eigenvalue weighted by atomic mass is 35.5. The van der Waals surface area contributed by atoms with Crippen LogP contribution in [0, 0.1) is 0 Å². The zero-order chi connectivity index (χ0) is 22.2. The third kappa shape index (κ3) is 4.11. The molecule has 0 aromatic carbocycles. The number of aromatic nitrogens is 7. The Morgan fingerprint density at radius 3 is 2.66 bits per heavy atom. The van der Waals surface area contributed by atoms with Crippen LogP contribution < -0.4 is 4.72 Å². The highest BCUT2D eigenvalue weighted by Gasteiger charge is 2.33. The normalized spacial score (nSPS) is 17.8. The van der Waals surface area contributed by atoms with E-state index in [4.69, 9.17) is 21.4 Å². The maximum absolute atomic E-state index is 5.92. The molecule has 3 aromatic heterocycles. The lowest BCUT2D eigenvalue weighted by Gasteiger charge is -2.21. The van der Waals surface area contributed by atoms with Gasteiger partial charge in [-0.05, 0) is 57.4 Å². The maximum atomic E-state index is 5.92. The first-order valence-corrected chi connectivity index (χ1v) is 12.2. The van der Waals surface area contributed by atoms with Crippen molar-refractivity contribution >= 4 is 29.5 Å². The zero-order valence-electron chi connectivity index (χ0n) is 18.5. The minimum Gasteiger partial charge on any atom is -0.372 e. The molecule has 0 aliphatic heterocycles. The highest BCUT2D eigenvalue weighted by molar-refractivity contribution is 8.01. The van der Waals surface area contributed by atoms with Crippen molar-refractivity contribution in [1.82, 2.24) is 34.5 Å². The Morgan fingerprint density at radius 1 is 1.19 bits per heavy atom. The van der Waals surface area contributed by atoms with E-state index in [0.717, 1.165) is 43.1 Å². The molecule has 3 aromatic rings. The van der Waals surface area contributed by atoms with Crippen LogP contribution in [0.3, 0.4) is 0 Å². The van der Waals surface area contributed by atoms with Gasteiger partial charge in [0, 0.05) is 43.9 Å². The molecule has 2 aliphatic rings. The van der Waals surface area contributed by atoms with Crippen LogP contribution in [0.25, 0.3) is 11.5 Å². The summed E-state index contributed by atoms with van der Waals surface area (Å²) in [6.45, 7) is 2.07. The van der Waals surface area contributed by atoms with Gasteiger partial charge in [-0.25, -0.2) is 9.97 Å². The fourth-order valence-corrected chi connectivity index (χ4v) is 5.22. The molecule has 1 saturated carbocycles. The van der Waals surface area contributed by atoms with Crippen molar-refractivity contribution in [3.63, 3.8) is 0 Å². The van der Waals surface area contributed by atoms with E-state index in [-0.39, 0.29) is 11.4 Å². The lowest BCUT2D eigenvalue weighted by atomic mass is 9.95. The molecule has 170 valence electrons. The van der Waals surface area contributed by atoms with Crippen LogP contribution in [0.5, 0.6) is 0 Å². The van der Waals surface area contributed by atoms with E-state index in [9.17, 15) is 0 Å². The first-order chi connectivity index (χ1) is 15.6.